The van der Waals surface area contributed by atoms with Crippen LogP contribution in [-0.4, -0.2) is 18.6 Å². The number of rotatable bonds is 3. The van der Waals surface area contributed by atoms with Crippen LogP contribution in [-0.2, 0) is 10.0 Å². The maximum Gasteiger partial charge on any atom is 0.266 e. The third kappa shape index (κ3) is 3.12. The van der Waals surface area contributed by atoms with E-state index in [-0.39, 0.29) is 16.0 Å². The fourth-order valence-electron chi connectivity index (χ4n) is 1.25. The molecule has 1 N–H and O–H groups in total. The van der Waals surface area contributed by atoms with E-state index in [0.717, 1.165) is 6.07 Å². The maximum atomic E-state index is 13.7. The number of sulfonamides is 1. The van der Waals surface area contributed by atoms with Crippen molar-refractivity contribution in [3.8, 4) is 0 Å². The van der Waals surface area contributed by atoms with Crippen molar-refractivity contribution in [2.45, 2.75) is 4.90 Å². The van der Waals surface area contributed by atoms with E-state index in [4.69, 9.17) is 23.2 Å². The lowest BCUT2D eigenvalue weighted by Crippen LogP contribution is -2.15. The fourth-order valence-corrected chi connectivity index (χ4v) is 2.68. The van der Waals surface area contributed by atoms with Crippen molar-refractivity contribution < 1.29 is 12.8 Å². The number of hydrogen-bond donors (Lipinski definition) is 1. The van der Waals surface area contributed by atoms with Gasteiger partial charge in [-0.1, -0.05) is 29.3 Å². The van der Waals surface area contributed by atoms with Crippen LogP contribution in [0.15, 0.2) is 35.2 Å². The Labute approximate surface area is 118 Å². The molecule has 0 radical (unpaired) electrons. The number of anilines is 1. The quantitative estimate of drug-likeness (QED) is 0.943. The standard InChI is InChI=1S/C10H6Cl2FN3O2S/c11-6-2-1-3-7(10(6)13)19(17,18)16-9-5-4-8(12)14-15-9/h1-5H,(H,15,16). The van der Waals surface area contributed by atoms with Crippen LogP contribution in [0.25, 0.3) is 0 Å². The van der Waals surface area contributed by atoms with Crippen molar-refractivity contribution >= 4 is 39.0 Å². The number of halogens is 3. The van der Waals surface area contributed by atoms with Crippen LogP contribution in [0.1, 0.15) is 0 Å². The third-order valence-corrected chi connectivity index (χ3v) is 3.94. The first-order valence-electron chi connectivity index (χ1n) is 4.86. The summed E-state index contributed by atoms with van der Waals surface area (Å²) in [6.45, 7) is 0. The first-order chi connectivity index (χ1) is 8.90. The summed E-state index contributed by atoms with van der Waals surface area (Å²) in [5.74, 6) is -1.11. The molecule has 1 aromatic carbocycles. The van der Waals surface area contributed by atoms with Gasteiger partial charge in [-0.05, 0) is 24.3 Å². The van der Waals surface area contributed by atoms with E-state index in [9.17, 15) is 12.8 Å². The number of nitrogens with one attached hydrogen (secondary N) is 1. The molecule has 5 nitrogen and oxygen atoms in total. The second kappa shape index (κ2) is 5.28. The van der Waals surface area contributed by atoms with Gasteiger partial charge in [0, 0.05) is 0 Å². The van der Waals surface area contributed by atoms with E-state index in [0.29, 0.717) is 0 Å². The highest BCUT2D eigenvalue weighted by atomic mass is 35.5. The topological polar surface area (TPSA) is 72.0 Å². The van der Waals surface area contributed by atoms with Crippen molar-refractivity contribution in [3.63, 3.8) is 0 Å². The summed E-state index contributed by atoms with van der Waals surface area (Å²) in [4.78, 5) is -0.572. The van der Waals surface area contributed by atoms with Crippen molar-refractivity contribution in [2.24, 2.45) is 0 Å². The minimum atomic E-state index is -4.13. The molecular weight excluding hydrogens is 316 g/mol. The molecule has 9 heteroatoms. The van der Waals surface area contributed by atoms with Gasteiger partial charge in [-0.25, -0.2) is 12.8 Å². The average molecular weight is 322 g/mol. The molecule has 0 fully saturated rings. The lowest BCUT2D eigenvalue weighted by Gasteiger charge is -2.08. The molecule has 0 spiro atoms. The Morgan fingerprint density at radius 1 is 1.11 bits per heavy atom. The smallest absolute Gasteiger partial charge is 0.262 e. The molecule has 19 heavy (non-hydrogen) atoms. The van der Waals surface area contributed by atoms with Crippen molar-refractivity contribution in [3.05, 3.63) is 46.3 Å². The van der Waals surface area contributed by atoms with E-state index in [1.807, 2.05) is 0 Å². The zero-order valence-corrected chi connectivity index (χ0v) is 11.5. The zero-order valence-electron chi connectivity index (χ0n) is 9.14. The molecule has 0 aliphatic heterocycles. The van der Waals surface area contributed by atoms with Crippen LogP contribution >= 0.6 is 23.2 Å². The summed E-state index contributed by atoms with van der Waals surface area (Å²) in [6.07, 6.45) is 0. The van der Waals surface area contributed by atoms with Gasteiger partial charge in [0.2, 0.25) is 0 Å². The molecule has 1 heterocycles. The molecule has 0 atom stereocenters. The molecule has 0 unspecified atom stereocenters. The SMILES string of the molecule is O=S(=O)(Nc1ccc(Cl)nn1)c1cccc(Cl)c1F. The lowest BCUT2D eigenvalue weighted by molar-refractivity contribution is 0.570. The molecule has 0 amide bonds. The van der Waals surface area contributed by atoms with Gasteiger partial charge in [0.1, 0.15) is 4.90 Å². The largest absolute Gasteiger partial charge is 0.266 e. The summed E-state index contributed by atoms with van der Waals surface area (Å²) >= 11 is 11.0. The molecule has 2 rings (SSSR count). The van der Waals surface area contributed by atoms with Gasteiger partial charge in [0.25, 0.3) is 10.0 Å². The predicted octanol–water partition coefficient (Wildman–Crippen LogP) is 2.72. The monoisotopic (exact) mass is 321 g/mol. The molecule has 1 aromatic heterocycles. The van der Waals surface area contributed by atoms with E-state index >= 15 is 0 Å². The van der Waals surface area contributed by atoms with Gasteiger partial charge in [-0.15, -0.1) is 10.2 Å². The number of hydrogen-bond acceptors (Lipinski definition) is 4. The molecule has 0 aliphatic rings. The Bertz CT molecular complexity index is 707. The minimum Gasteiger partial charge on any atom is -0.262 e. The van der Waals surface area contributed by atoms with Gasteiger partial charge in [-0.2, -0.15) is 0 Å². The second-order valence-corrected chi connectivity index (χ2v) is 5.84. The summed E-state index contributed by atoms with van der Waals surface area (Å²) in [5.41, 5.74) is 0. The van der Waals surface area contributed by atoms with Crippen molar-refractivity contribution in [1.82, 2.24) is 10.2 Å². The average Bonchev–Trinajstić information content (AvgIpc) is 2.35. The normalized spacial score (nSPS) is 11.3. The summed E-state index contributed by atoms with van der Waals surface area (Å²) in [6, 6.07) is 6.31. The Morgan fingerprint density at radius 2 is 1.84 bits per heavy atom. The Balaban J connectivity index is 2.38. The summed E-state index contributed by atoms with van der Waals surface area (Å²) in [5, 5.41) is 6.80. The van der Waals surface area contributed by atoms with Gasteiger partial charge in [0.15, 0.2) is 16.8 Å². The highest BCUT2D eigenvalue weighted by Gasteiger charge is 2.21. The van der Waals surface area contributed by atoms with Crippen molar-refractivity contribution in [1.29, 1.82) is 0 Å². The third-order valence-electron chi connectivity index (χ3n) is 2.08. The van der Waals surface area contributed by atoms with Crippen LogP contribution < -0.4 is 4.72 Å². The van der Waals surface area contributed by atoms with Crippen LogP contribution in [0.3, 0.4) is 0 Å². The van der Waals surface area contributed by atoms with Crippen LogP contribution in [0, 0.1) is 5.82 Å². The van der Waals surface area contributed by atoms with Gasteiger partial charge in [-0.3, -0.25) is 4.72 Å². The van der Waals surface area contributed by atoms with Crippen LogP contribution in [0.2, 0.25) is 10.2 Å². The lowest BCUT2D eigenvalue weighted by atomic mass is 10.3. The van der Waals surface area contributed by atoms with Crippen LogP contribution in [0.4, 0.5) is 10.2 Å². The van der Waals surface area contributed by atoms with Gasteiger partial charge >= 0.3 is 0 Å². The van der Waals surface area contributed by atoms with E-state index in [1.54, 1.807) is 0 Å². The highest BCUT2D eigenvalue weighted by molar-refractivity contribution is 7.92. The van der Waals surface area contributed by atoms with E-state index < -0.39 is 20.7 Å². The Hall–Kier alpha value is -1.44. The zero-order chi connectivity index (χ0) is 14.0. The van der Waals surface area contributed by atoms with Crippen LogP contribution in [0.5, 0.6) is 0 Å². The minimum absolute atomic E-state index is 0.0798. The number of aromatic nitrogens is 2. The molecule has 0 saturated carbocycles. The van der Waals surface area contributed by atoms with Gasteiger partial charge in [0.05, 0.1) is 5.02 Å². The molecule has 0 saturated heterocycles. The Morgan fingerprint density at radius 3 is 2.47 bits per heavy atom. The molecule has 0 bridgehead atoms. The number of benzene rings is 1. The first-order valence-corrected chi connectivity index (χ1v) is 7.10. The number of nitrogens with zero attached hydrogens (tertiary/aromatic N) is 2. The summed E-state index contributed by atoms with van der Waals surface area (Å²) in [7, 11) is -4.13. The highest BCUT2D eigenvalue weighted by Crippen LogP contribution is 2.23. The first kappa shape index (κ1) is 14.0. The van der Waals surface area contributed by atoms with Gasteiger partial charge < -0.3 is 0 Å². The molecule has 0 aliphatic carbocycles. The maximum absolute atomic E-state index is 13.7. The molecular formula is C10H6Cl2FN3O2S. The molecule has 2 aromatic rings. The van der Waals surface area contributed by atoms with E-state index in [1.165, 1.54) is 24.3 Å². The Kier molecular flexibility index (Phi) is 3.88. The molecule has 100 valence electrons. The van der Waals surface area contributed by atoms with Crippen molar-refractivity contribution in [2.75, 3.05) is 4.72 Å². The fraction of sp³-hybridized carbons (Fsp3) is 0. The summed E-state index contributed by atoms with van der Waals surface area (Å²) < 4.78 is 39.6. The van der Waals surface area contributed by atoms with E-state index in [2.05, 4.69) is 14.9 Å². The predicted molar refractivity (Wildman–Crippen MR) is 69.3 cm³/mol. The second-order valence-electron chi connectivity index (χ2n) is 3.40.